The zero-order valence-corrected chi connectivity index (χ0v) is 16.4. The van der Waals surface area contributed by atoms with Crippen molar-refractivity contribution in [1.29, 1.82) is 5.41 Å². The molecule has 1 fully saturated rings. The number of nitrogens with zero attached hydrogens (tertiary/aromatic N) is 3. The predicted molar refractivity (Wildman–Crippen MR) is 94.5 cm³/mol. The first-order valence-electron chi connectivity index (χ1n) is 8.75. The summed E-state index contributed by atoms with van der Waals surface area (Å²) in [6.45, 7) is 5.78. The van der Waals surface area contributed by atoms with Gasteiger partial charge in [-0.3, -0.25) is 15.5 Å². The van der Waals surface area contributed by atoms with E-state index < -0.39 is 60.7 Å². The van der Waals surface area contributed by atoms with Crippen LogP contribution in [0.3, 0.4) is 0 Å². The fraction of sp³-hybridized carbons (Fsp3) is 0.688. The second-order valence-corrected chi connectivity index (χ2v) is 7.41. The van der Waals surface area contributed by atoms with Gasteiger partial charge in [-0.2, -0.15) is 0 Å². The third-order valence-corrected chi connectivity index (χ3v) is 3.90. The number of aliphatic hydroxyl groups excluding tert-OH is 3. The third kappa shape index (κ3) is 5.47. The number of alkyl carbamates (subject to hydrolysis) is 1. The van der Waals surface area contributed by atoms with Gasteiger partial charge in [0.1, 0.15) is 24.6 Å². The first-order valence-corrected chi connectivity index (χ1v) is 8.75. The molecule has 0 aromatic carbocycles. The Morgan fingerprint density at radius 2 is 2.00 bits per heavy atom. The van der Waals surface area contributed by atoms with Crippen LogP contribution in [0.4, 0.5) is 4.79 Å². The van der Waals surface area contributed by atoms with Crippen LogP contribution < -0.4 is 5.32 Å². The summed E-state index contributed by atoms with van der Waals surface area (Å²) in [5.74, 6) is -1.30. The Morgan fingerprint density at radius 3 is 2.55 bits per heavy atom. The summed E-state index contributed by atoms with van der Waals surface area (Å²) >= 11 is 0. The van der Waals surface area contributed by atoms with E-state index in [0.29, 0.717) is 0 Å². The van der Waals surface area contributed by atoms with E-state index in [2.05, 4.69) is 15.4 Å². The number of carbonyl (C=O) groups is 2. The lowest BCUT2D eigenvalue weighted by Gasteiger charge is -2.20. The third-order valence-electron chi connectivity index (χ3n) is 3.90. The molecule has 1 amide bonds. The van der Waals surface area contributed by atoms with Crippen LogP contribution in [-0.2, 0) is 19.0 Å². The number of nitrogens with one attached hydrogen (secondary N) is 2. The Hall–Kier alpha value is -2.61. The van der Waals surface area contributed by atoms with Crippen LogP contribution in [0.5, 0.6) is 0 Å². The summed E-state index contributed by atoms with van der Waals surface area (Å²) in [4.78, 5) is 27.4. The van der Waals surface area contributed by atoms with E-state index in [0.717, 1.165) is 11.0 Å². The van der Waals surface area contributed by atoms with Crippen LogP contribution in [-0.4, -0.2) is 79.2 Å². The van der Waals surface area contributed by atoms with E-state index in [9.17, 15) is 19.8 Å². The van der Waals surface area contributed by atoms with Crippen LogP contribution in [0.15, 0.2) is 6.33 Å². The smallest absolute Gasteiger partial charge is 0.415 e. The van der Waals surface area contributed by atoms with Crippen molar-refractivity contribution >= 4 is 17.9 Å². The Bertz CT molecular complexity index is 761. The number of amides is 1. The molecule has 0 radical (unpaired) electrons. The van der Waals surface area contributed by atoms with Gasteiger partial charge < -0.3 is 29.5 Å². The summed E-state index contributed by atoms with van der Waals surface area (Å²) in [6, 6.07) is 0. The van der Waals surface area contributed by atoms with E-state index >= 15 is 0 Å². The van der Waals surface area contributed by atoms with Gasteiger partial charge in [0.25, 0.3) is 0 Å². The molecule has 2 rings (SSSR count). The average molecular weight is 415 g/mol. The minimum absolute atomic E-state index is 0.223. The number of carbonyl (C=O) groups excluding carboxylic acids is 2. The lowest BCUT2D eigenvalue weighted by atomic mass is 9.97. The maximum Gasteiger partial charge on any atom is 0.415 e. The van der Waals surface area contributed by atoms with Crippen molar-refractivity contribution in [2.24, 2.45) is 5.41 Å². The Morgan fingerprint density at radius 1 is 1.34 bits per heavy atom. The minimum Gasteiger partial charge on any atom is -0.425 e. The molecule has 5 atom stereocenters. The molecule has 1 saturated heterocycles. The normalized spacial score (nSPS) is 25.3. The monoisotopic (exact) mass is 415 g/mol. The molecule has 29 heavy (non-hydrogen) atoms. The minimum atomic E-state index is -1.37. The highest BCUT2D eigenvalue weighted by Crippen LogP contribution is 2.28. The summed E-state index contributed by atoms with van der Waals surface area (Å²) in [6.07, 6.45) is -5.92. The van der Waals surface area contributed by atoms with Gasteiger partial charge in [-0.1, -0.05) is 0 Å². The van der Waals surface area contributed by atoms with Crippen molar-refractivity contribution < 1.29 is 39.1 Å². The van der Waals surface area contributed by atoms with Crippen molar-refractivity contribution in [3.05, 3.63) is 12.2 Å². The molecule has 1 aromatic rings. The fourth-order valence-electron chi connectivity index (χ4n) is 2.30. The van der Waals surface area contributed by atoms with Gasteiger partial charge in [0, 0.05) is 6.92 Å². The van der Waals surface area contributed by atoms with Crippen molar-refractivity contribution in [3.63, 3.8) is 0 Å². The van der Waals surface area contributed by atoms with Crippen LogP contribution >= 0.6 is 0 Å². The summed E-state index contributed by atoms with van der Waals surface area (Å²) in [5, 5.41) is 42.7. The molecule has 0 bridgehead atoms. The first-order chi connectivity index (χ1) is 13.4. The van der Waals surface area contributed by atoms with E-state index in [4.69, 9.17) is 24.7 Å². The number of rotatable bonds is 5. The molecule has 1 aromatic heterocycles. The van der Waals surface area contributed by atoms with E-state index in [1.54, 1.807) is 20.8 Å². The zero-order valence-electron chi connectivity index (χ0n) is 16.4. The first kappa shape index (κ1) is 22.7. The maximum atomic E-state index is 11.9. The zero-order chi connectivity index (χ0) is 21.9. The molecule has 162 valence electrons. The van der Waals surface area contributed by atoms with E-state index in [1.807, 2.05) is 0 Å². The Kier molecular flexibility index (Phi) is 6.89. The molecular weight excluding hydrogens is 390 g/mol. The molecule has 2 heterocycles. The van der Waals surface area contributed by atoms with Crippen LogP contribution in [0.1, 0.15) is 39.7 Å². The summed E-state index contributed by atoms with van der Waals surface area (Å²) in [7, 11) is 0. The molecule has 13 heteroatoms. The van der Waals surface area contributed by atoms with Gasteiger partial charge in [0.2, 0.25) is 12.1 Å². The van der Waals surface area contributed by atoms with Gasteiger partial charge in [-0.05, 0) is 20.8 Å². The number of amidine groups is 1. The number of hydrogen-bond donors (Lipinski definition) is 5. The second-order valence-electron chi connectivity index (χ2n) is 7.41. The number of ether oxygens (including phenoxy) is 3. The molecule has 5 N–H and O–H groups in total. The molecule has 1 aliphatic heterocycles. The molecule has 0 saturated carbocycles. The lowest BCUT2D eigenvalue weighted by Crippen LogP contribution is -2.36. The number of hydrogen-bond acceptors (Lipinski definition) is 11. The number of aliphatic hydroxyl groups is 3. The topological polar surface area (TPSA) is 189 Å². The fourth-order valence-corrected chi connectivity index (χ4v) is 2.30. The quantitative estimate of drug-likeness (QED) is 0.170. The molecule has 1 unspecified atom stereocenters. The van der Waals surface area contributed by atoms with Crippen LogP contribution in [0.25, 0.3) is 0 Å². The van der Waals surface area contributed by atoms with Crippen molar-refractivity contribution in [2.75, 3.05) is 6.61 Å². The number of esters is 1. The van der Waals surface area contributed by atoms with Gasteiger partial charge in [0.15, 0.2) is 12.1 Å². The van der Waals surface area contributed by atoms with Crippen LogP contribution in [0.2, 0.25) is 0 Å². The van der Waals surface area contributed by atoms with Gasteiger partial charge in [-0.15, -0.1) is 5.10 Å². The standard InChI is InChI=1S/C16H25N5O8/c1-7(27-14(25)16(2,3)4)28-15(26)19-11(17)12-18-6-21(20-12)13-10(24)9(23)8(5-22)29-13/h6-10,13,22-24H,5H2,1-4H3,(H2,17,19,26)/t7?,8-,9-,10-,13-/m1/s1. The second kappa shape index (κ2) is 8.82. The molecule has 0 aliphatic carbocycles. The van der Waals surface area contributed by atoms with Crippen LogP contribution in [0, 0.1) is 10.8 Å². The lowest BCUT2D eigenvalue weighted by molar-refractivity contribution is -0.174. The average Bonchev–Trinajstić information content (AvgIpc) is 3.20. The highest BCUT2D eigenvalue weighted by Gasteiger charge is 2.44. The number of aromatic nitrogens is 3. The Balaban J connectivity index is 1.92. The van der Waals surface area contributed by atoms with Gasteiger partial charge in [-0.25, -0.2) is 14.5 Å². The predicted octanol–water partition coefficient (Wildman–Crippen LogP) is -1.12. The van der Waals surface area contributed by atoms with E-state index in [1.165, 1.54) is 6.92 Å². The molecule has 1 aliphatic rings. The van der Waals surface area contributed by atoms with Gasteiger partial charge >= 0.3 is 12.1 Å². The SMILES string of the molecule is CC(OC(=O)NC(=N)c1ncn([C@@H]2O[C@H](CO)[C@@H](O)[C@H]2O)n1)OC(=O)C(C)(C)C. The maximum absolute atomic E-state index is 11.9. The summed E-state index contributed by atoms with van der Waals surface area (Å²) < 4.78 is 16.2. The molecule has 13 nitrogen and oxygen atoms in total. The highest BCUT2D eigenvalue weighted by molar-refractivity contribution is 6.02. The van der Waals surface area contributed by atoms with E-state index in [-0.39, 0.29) is 5.82 Å². The summed E-state index contributed by atoms with van der Waals surface area (Å²) in [5.41, 5.74) is -0.771. The van der Waals surface area contributed by atoms with Crippen molar-refractivity contribution in [1.82, 2.24) is 20.1 Å². The van der Waals surface area contributed by atoms with Crippen molar-refractivity contribution in [2.45, 2.75) is 58.5 Å². The molecule has 0 spiro atoms. The Labute approximate surface area is 166 Å². The highest BCUT2D eigenvalue weighted by atomic mass is 16.7. The van der Waals surface area contributed by atoms with Crippen molar-refractivity contribution in [3.8, 4) is 0 Å². The largest absolute Gasteiger partial charge is 0.425 e. The van der Waals surface area contributed by atoms with Gasteiger partial charge in [0.05, 0.1) is 12.0 Å². The molecular formula is C16H25N5O8.